The molecule has 0 spiro atoms. The summed E-state index contributed by atoms with van der Waals surface area (Å²) >= 11 is 12.5. The Morgan fingerprint density at radius 3 is 2.75 bits per heavy atom. The lowest BCUT2D eigenvalue weighted by Crippen LogP contribution is -2.37. The molecule has 1 amide bonds. The topological polar surface area (TPSA) is 98.1 Å². The van der Waals surface area contributed by atoms with E-state index in [4.69, 9.17) is 39.7 Å². The zero-order valence-electron chi connectivity index (χ0n) is 15.9. The van der Waals surface area contributed by atoms with E-state index in [1.54, 1.807) is 18.2 Å². The number of amides is 1. The Kier molecular flexibility index (Phi) is 6.75. The molecule has 1 aliphatic rings. The van der Waals surface area contributed by atoms with Crippen LogP contribution in [0.25, 0.3) is 11.1 Å². The summed E-state index contributed by atoms with van der Waals surface area (Å²) in [6.45, 7) is 4.04. The van der Waals surface area contributed by atoms with Crippen molar-refractivity contribution in [2.24, 2.45) is 17.4 Å². The first-order chi connectivity index (χ1) is 13.4. The number of carbonyl (C=O) groups excluding carboxylic acids is 1. The van der Waals surface area contributed by atoms with Gasteiger partial charge < -0.3 is 16.4 Å². The van der Waals surface area contributed by atoms with Crippen LogP contribution < -0.4 is 16.4 Å². The second-order valence-corrected chi connectivity index (χ2v) is 7.98. The average molecular weight is 422 g/mol. The van der Waals surface area contributed by atoms with Crippen LogP contribution in [0.4, 0.5) is 5.95 Å². The van der Waals surface area contributed by atoms with E-state index in [1.165, 1.54) is 6.42 Å². The molecule has 1 aromatic heterocycles. The summed E-state index contributed by atoms with van der Waals surface area (Å²) < 4.78 is 0. The van der Waals surface area contributed by atoms with Crippen molar-refractivity contribution in [2.45, 2.75) is 32.6 Å². The number of hydrogen-bond donors (Lipinski definition) is 2. The zero-order chi connectivity index (χ0) is 20.3. The van der Waals surface area contributed by atoms with E-state index in [1.807, 2.05) is 6.92 Å². The van der Waals surface area contributed by atoms with Crippen molar-refractivity contribution in [3.8, 4) is 11.1 Å². The van der Waals surface area contributed by atoms with Crippen molar-refractivity contribution in [3.05, 3.63) is 39.6 Å². The van der Waals surface area contributed by atoms with Crippen LogP contribution in [0.2, 0.25) is 10.0 Å². The van der Waals surface area contributed by atoms with Gasteiger partial charge in [-0.1, -0.05) is 48.2 Å². The lowest BCUT2D eigenvalue weighted by molar-refractivity contribution is 0.0996. The van der Waals surface area contributed by atoms with Crippen LogP contribution in [0.15, 0.2) is 18.2 Å². The lowest BCUT2D eigenvalue weighted by Gasteiger charge is -2.30. The predicted octanol–water partition coefficient (Wildman–Crippen LogP) is 3.81. The van der Waals surface area contributed by atoms with Gasteiger partial charge in [0.15, 0.2) is 0 Å². The van der Waals surface area contributed by atoms with Crippen LogP contribution in [0.5, 0.6) is 0 Å². The van der Waals surface area contributed by atoms with Gasteiger partial charge in [0.05, 0.1) is 15.7 Å². The molecular formula is C20H25Cl2N5O. The number of rotatable bonds is 4. The summed E-state index contributed by atoms with van der Waals surface area (Å²) in [6, 6.07) is 5.24. The Balaban J connectivity index is 2.08. The molecule has 1 fully saturated rings. The van der Waals surface area contributed by atoms with Crippen molar-refractivity contribution in [1.82, 2.24) is 9.97 Å². The molecule has 1 saturated heterocycles. The summed E-state index contributed by atoms with van der Waals surface area (Å²) in [5, 5.41) is 0.744. The molecule has 0 unspecified atom stereocenters. The minimum Gasteiger partial charge on any atom is -0.364 e. The molecule has 6 nitrogen and oxygen atoms in total. The van der Waals surface area contributed by atoms with Crippen LogP contribution in [0, 0.1) is 12.8 Å². The van der Waals surface area contributed by atoms with Crippen molar-refractivity contribution >= 4 is 35.1 Å². The standard InChI is InChI=1S/C20H25Cl2N5O/c1-12-16(14-7-5-8-15(21)17(14)22)18(19(24)28)26-20(25-12)27-9-4-2-3-6-13(10-23)11-27/h5,7-8,13H,2-4,6,9-11,23H2,1H3,(H2,24,28)/t13-/m0/s1. The smallest absolute Gasteiger partial charge is 0.268 e. The molecule has 0 bridgehead atoms. The first-order valence-corrected chi connectivity index (χ1v) is 10.3. The first-order valence-electron chi connectivity index (χ1n) is 9.50. The van der Waals surface area contributed by atoms with Crippen LogP contribution in [-0.2, 0) is 0 Å². The highest BCUT2D eigenvalue weighted by atomic mass is 35.5. The van der Waals surface area contributed by atoms with Gasteiger partial charge in [-0.3, -0.25) is 4.79 Å². The number of nitrogens with zero attached hydrogens (tertiary/aromatic N) is 3. The van der Waals surface area contributed by atoms with Crippen molar-refractivity contribution in [1.29, 1.82) is 0 Å². The summed E-state index contributed by atoms with van der Waals surface area (Å²) in [6.07, 6.45) is 4.47. The fourth-order valence-electron chi connectivity index (χ4n) is 3.68. The largest absolute Gasteiger partial charge is 0.364 e. The normalized spacial score (nSPS) is 17.9. The highest BCUT2D eigenvalue weighted by Crippen LogP contribution is 2.36. The first kappa shape index (κ1) is 20.8. The quantitative estimate of drug-likeness (QED) is 0.781. The van der Waals surface area contributed by atoms with E-state index < -0.39 is 5.91 Å². The SMILES string of the molecule is Cc1nc(N2CCCCC[C@@H](CN)C2)nc(C(N)=O)c1-c1cccc(Cl)c1Cl. The fourth-order valence-corrected chi connectivity index (χ4v) is 4.07. The van der Waals surface area contributed by atoms with Gasteiger partial charge in [-0.25, -0.2) is 9.97 Å². The maximum absolute atomic E-state index is 12.2. The predicted molar refractivity (Wildman–Crippen MR) is 114 cm³/mol. The highest BCUT2D eigenvalue weighted by Gasteiger charge is 2.24. The van der Waals surface area contributed by atoms with Crippen molar-refractivity contribution in [3.63, 3.8) is 0 Å². The van der Waals surface area contributed by atoms with Gasteiger partial charge in [0.2, 0.25) is 5.95 Å². The van der Waals surface area contributed by atoms with E-state index >= 15 is 0 Å². The second-order valence-electron chi connectivity index (χ2n) is 7.20. The molecule has 8 heteroatoms. The van der Waals surface area contributed by atoms with Gasteiger partial charge in [0, 0.05) is 24.2 Å². The number of aromatic nitrogens is 2. The Morgan fingerprint density at radius 2 is 2.04 bits per heavy atom. The van der Waals surface area contributed by atoms with E-state index in [0.717, 1.165) is 32.4 Å². The summed E-state index contributed by atoms with van der Waals surface area (Å²) in [7, 11) is 0. The number of nitrogens with two attached hydrogens (primary N) is 2. The van der Waals surface area contributed by atoms with E-state index in [-0.39, 0.29) is 5.69 Å². The van der Waals surface area contributed by atoms with Crippen molar-refractivity contribution in [2.75, 3.05) is 24.5 Å². The maximum Gasteiger partial charge on any atom is 0.268 e. The third-order valence-corrected chi connectivity index (χ3v) is 5.99. The fraction of sp³-hybridized carbons (Fsp3) is 0.450. The summed E-state index contributed by atoms with van der Waals surface area (Å²) in [4.78, 5) is 23.6. The van der Waals surface area contributed by atoms with Gasteiger partial charge in [-0.2, -0.15) is 0 Å². The number of carbonyl (C=O) groups is 1. The Morgan fingerprint density at radius 1 is 1.25 bits per heavy atom. The zero-order valence-corrected chi connectivity index (χ0v) is 17.4. The number of hydrogen-bond acceptors (Lipinski definition) is 5. The van der Waals surface area contributed by atoms with Gasteiger partial charge in [0.1, 0.15) is 5.69 Å². The molecule has 0 saturated carbocycles. The Hall–Kier alpha value is -1.89. The molecule has 2 heterocycles. The van der Waals surface area contributed by atoms with Gasteiger partial charge >= 0.3 is 0 Å². The minimum absolute atomic E-state index is 0.151. The molecular weight excluding hydrogens is 397 g/mol. The number of benzene rings is 1. The van der Waals surface area contributed by atoms with Gasteiger partial charge in [-0.05, 0) is 38.3 Å². The molecule has 0 aliphatic carbocycles. The maximum atomic E-state index is 12.2. The summed E-state index contributed by atoms with van der Waals surface area (Å²) in [5.74, 6) is 0.261. The number of anilines is 1. The molecule has 0 radical (unpaired) electrons. The van der Waals surface area contributed by atoms with Gasteiger partial charge in [0.25, 0.3) is 5.91 Å². The van der Waals surface area contributed by atoms with Crippen molar-refractivity contribution < 1.29 is 4.79 Å². The van der Waals surface area contributed by atoms with E-state index in [0.29, 0.717) is 45.3 Å². The number of primary amides is 1. The number of halogens is 2. The molecule has 1 aromatic carbocycles. The third kappa shape index (κ3) is 4.40. The minimum atomic E-state index is -0.625. The molecule has 2 aromatic rings. The Bertz CT molecular complexity index is 874. The Labute approximate surface area is 175 Å². The monoisotopic (exact) mass is 421 g/mol. The van der Waals surface area contributed by atoms with Crippen LogP contribution >= 0.6 is 23.2 Å². The molecule has 28 heavy (non-hydrogen) atoms. The van der Waals surface area contributed by atoms with Crippen LogP contribution in [-0.4, -0.2) is 35.5 Å². The molecule has 150 valence electrons. The van der Waals surface area contributed by atoms with Crippen LogP contribution in [0.1, 0.15) is 41.9 Å². The molecule has 1 atom stereocenters. The highest BCUT2D eigenvalue weighted by molar-refractivity contribution is 6.43. The lowest BCUT2D eigenvalue weighted by atomic mass is 9.98. The average Bonchev–Trinajstić information content (AvgIpc) is 2.64. The third-order valence-electron chi connectivity index (χ3n) is 5.17. The van der Waals surface area contributed by atoms with Gasteiger partial charge in [-0.15, -0.1) is 0 Å². The van der Waals surface area contributed by atoms with E-state index in [9.17, 15) is 4.79 Å². The van der Waals surface area contributed by atoms with E-state index in [2.05, 4.69) is 9.88 Å². The molecule has 4 N–H and O–H groups in total. The second kappa shape index (κ2) is 9.07. The number of aryl methyl sites for hydroxylation is 1. The molecule has 3 rings (SSSR count). The van der Waals surface area contributed by atoms with Crippen LogP contribution in [0.3, 0.4) is 0 Å². The summed E-state index contributed by atoms with van der Waals surface area (Å²) in [5.41, 5.74) is 13.5. The molecule has 1 aliphatic heterocycles.